The van der Waals surface area contributed by atoms with Crippen LogP contribution in [0.15, 0.2) is 5.16 Å². The third-order valence-electron chi connectivity index (χ3n) is 1.03. The quantitative estimate of drug-likeness (QED) is 0.324. The van der Waals surface area contributed by atoms with Gasteiger partial charge in [0.2, 0.25) is 0 Å². The lowest BCUT2D eigenvalue weighted by molar-refractivity contribution is -0.114. The number of hydrogen-bond donors (Lipinski definition) is 2. The van der Waals surface area contributed by atoms with Crippen molar-refractivity contribution in [1.82, 2.24) is 5.32 Å². The molecule has 44 valence electrons. The second kappa shape index (κ2) is 1.81. The highest BCUT2D eigenvalue weighted by molar-refractivity contribution is 6.40. The average molecular weight is 114 g/mol. The first kappa shape index (κ1) is 5.08. The van der Waals surface area contributed by atoms with Crippen molar-refractivity contribution in [3.63, 3.8) is 0 Å². The maximum absolute atomic E-state index is 10.4. The summed E-state index contributed by atoms with van der Waals surface area (Å²) in [6, 6.07) is 0. The van der Waals surface area contributed by atoms with Gasteiger partial charge >= 0.3 is 0 Å². The van der Waals surface area contributed by atoms with Crippen molar-refractivity contribution in [3.05, 3.63) is 0 Å². The molecule has 0 bridgehead atoms. The topological polar surface area (TPSA) is 61.7 Å². The largest absolute Gasteiger partial charge is 0.410 e. The number of oxime groups is 1. The standard InChI is InChI=1S/C4H6N2O2/c7-4-3(6-8)1-2-5-4/h8H,1-2H2,(H,5,7)/b6-3-. The summed E-state index contributed by atoms with van der Waals surface area (Å²) in [7, 11) is 0. The summed E-state index contributed by atoms with van der Waals surface area (Å²) in [4.78, 5) is 10.4. The number of hydrogen-bond acceptors (Lipinski definition) is 3. The van der Waals surface area contributed by atoms with E-state index in [0.717, 1.165) is 0 Å². The lowest BCUT2D eigenvalue weighted by atomic mass is 10.3. The van der Waals surface area contributed by atoms with Crippen LogP contribution in [0.25, 0.3) is 0 Å². The van der Waals surface area contributed by atoms with Gasteiger partial charge in [-0.1, -0.05) is 5.16 Å². The lowest BCUT2D eigenvalue weighted by Crippen LogP contribution is -2.18. The molecule has 0 saturated carbocycles. The van der Waals surface area contributed by atoms with E-state index >= 15 is 0 Å². The van der Waals surface area contributed by atoms with Gasteiger partial charge in [0.1, 0.15) is 5.71 Å². The minimum absolute atomic E-state index is 0.227. The number of amides is 1. The highest BCUT2D eigenvalue weighted by Crippen LogP contribution is 1.92. The van der Waals surface area contributed by atoms with Gasteiger partial charge in [0.25, 0.3) is 5.91 Å². The fourth-order valence-corrected chi connectivity index (χ4v) is 0.605. The van der Waals surface area contributed by atoms with E-state index in [2.05, 4.69) is 10.5 Å². The molecule has 4 heteroatoms. The van der Waals surface area contributed by atoms with Gasteiger partial charge < -0.3 is 10.5 Å². The van der Waals surface area contributed by atoms with Crippen LogP contribution < -0.4 is 5.32 Å². The van der Waals surface area contributed by atoms with E-state index in [1.165, 1.54) is 0 Å². The van der Waals surface area contributed by atoms with E-state index in [1.54, 1.807) is 0 Å². The fraction of sp³-hybridized carbons (Fsp3) is 0.500. The second-order valence-electron chi connectivity index (χ2n) is 1.55. The third kappa shape index (κ3) is 0.641. The Hall–Kier alpha value is -1.06. The Morgan fingerprint density at radius 3 is 2.75 bits per heavy atom. The van der Waals surface area contributed by atoms with Crippen molar-refractivity contribution in [1.29, 1.82) is 0 Å². The Labute approximate surface area is 46.2 Å². The van der Waals surface area contributed by atoms with E-state index in [1.807, 2.05) is 0 Å². The SMILES string of the molecule is O=C1NCC/C1=N/O. The van der Waals surface area contributed by atoms with E-state index in [4.69, 9.17) is 5.21 Å². The molecule has 1 aliphatic heterocycles. The molecule has 0 unspecified atom stereocenters. The predicted molar refractivity (Wildman–Crippen MR) is 26.8 cm³/mol. The van der Waals surface area contributed by atoms with Crippen LogP contribution in [0.1, 0.15) is 6.42 Å². The van der Waals surface area contributed by atoms with Gasteiger partial charge in [0.05, 0.1) is 0 Å². The molecule has 0 aromatic rings. The number of carbonyl (C=O) groups excluding carboxylic acids is 1. The zero-order valence-electron chi connectivity index (χ0n) is 4.22. The Morgan fingerprint density at radius 1 is 1.75 bits per heavy atom. The molecule has 0 atom stereocenters. The Morgan fingerprint density at radius 2 is 2.50 bits per heavy atom. The van der Waals surface area contributed by atoms with Crippen LogP contribution in [0, 0.1) is 0 Å². The summed E-state index contributed by atoms with van der Waals surface area (Å²) in [5.74, 6) is -0.257. The first-order valence-electron chi connectivity index (χ1n) is 2.33. The summed E-state index contributed by atoms with van der Waals surface area (Å²) in [6.45, 7) is 0.595. The smallest absolute Gasteiger partial charge is 0.269 e. The van der Waals surface area contributed by atoms with Crippen LogP contribution in [0.5, 0.6) is 0 Å². The molecule has 2 N–H and O–H groups in total. The van der Waals surface area contributed by atoms with Gasteiger partial charge in [-0.3, -0.25) is 4.79 Å². The molecule has 0 aromatic heterocycles. The molecule has 1 saturated heterocycles. The highest BCUT2D eigenvalue weighted by atomic mass is 16.4. The van der Waals surface area contributed by atoms with E-state index in [9.17, 15) is 4.79 Å². The van der Waals surface area contributed by atoms with Crippen molar-refractivity contribution < 1.29 is 10.0 Å². The van der Waals surface area contributed by atoms with Crippen LogP contribution in [0.4, 0.5) is 0 Å². The van der Waals surface area contributed by atoms with Gasteiger partial charge in [-0.05, 0) is 0 Å². The van der Waals surface area contributed by atoms with Crippen molar-refractivity contribution >= 4 is 11.6 Å². The van der Waals surface area contributed by atoms with Crippen molar-refractivity contribution in [2.24, 2.45) is 5.16 Å². The van der Waals surface area contributed by atoms with Crippen LogP contribution in [0.3, 0.4) is 0 Å². The van der Waals surface area contributed by atoms with Crippen molar-refractivity contribution in [2.45, 2.75) is 6.42 Å². The molecule has 0 aromatic carbocycles. The molecule has 8 heavy (non-hydrogen) atoms. The zero-order valence-corrected chi connectivity index (χ0v) is 4.22. The third-order valence-corrected chi connectivity index (χ3v) is 1.03. The summed E-state index contributed by atoms with van der Waals surface area (Å²) < 4.78 is 0. The van der Waals surface area contributed by atoms with Gasteiger partial charge in [-0.25, -0.2) is 0 Å². The lowest BCUT2D eigenvalue weighted by Gasteiger charge is -1.82. The number of nitrogens with one attached hydrogen (secondary N) is 1. The van der Waals surface area contributed by atoms with E-state index in [0.29, 0.717) is 13.0 Å². The zero-order chi connectivity index (χ0) is 5.98. The first-order valence-corrected chi connectivity index (χ1v) is 2.33. The van der Waals surface area contributed by atoms with Crippen LogP contribution in [-0.4, -0.2) is 23.4 Å². The molecule has 4 nitrogen and oxygen atoms in total. The molecule has 0 aliphatic carbocycles. The minimum atomic E-state index is -0.257. The van der Waals surface area contributed by atoms with E-state index in [-0.39, 0.29) is 11.6 Å². The molecule has 1 fully saturated rings. The highest BCUT2D eigenvalue weighted by Gasteiger charge is 2.17. The average Bonchev–Trinajstić information content (AvgIpc) is 2.14. The van der Waals surface area contributed by atoms with Crippen LogP contribution in [0.2, 0.25) is 0 Å². The van der Waals surface area contributed by atoms with Gasteiger partial charge in [0.15, 0.2) is 0 Å². The number of rotatable bonds is 0. The Bertz CT molecular complexity index is 141. The molecule has 0 spiro atoms. The van der Waals surface area contributed by atoms with Crippen molar-refractivity contribution in [2.75, 3.05) is 6.54 Å². The van der Waals surface area contributed by atoms with Gasteiger partial charge in [-0.15, -0.1) is 0 Å². The molecule has 0 radical (unpaired) electrons. The monoisotopic (exact) mass is 114 g/mol. The Balaban J connectivity index is 2.69. The minimum Gasteiger partial charge on any atom is -0.410 e. The predicted octanol–water partition coefficient (Wildman–Crippen LogP) is -0.663. The summed E-state index contributed by atoms with van der Waals surface area (Å²) in [5.41, 5.74) is 0.227. The van der Waals surface area contributed by atoms with Crippen LogP contribution in [-0.2, 0) is 4.79 Å². The van der Waals surface area contributed by atoms with Gasteiger partial charge in [-0.2, -0.15) is 0 Å². The maximum atomic E-state index is 10.4. The Kier molecular flexibility index (Phi) is 1.15. The van der Waals surface area contributed by atoms with Gasteiger partial charge in [0, 0.05) is 13.0 Å². The molecule has 1 amide bonds. The molecular weight excluding hydrogens is 108 g/mol. The van der Waals surface area contributed by atoms with Crippen molar-refractivity contribution in [3.8, 4) is 0 Å². The summed E-state index contributed by atoms with van der Waals surface area (Å²) in [6.07, 6.45) is 0.537. The fourth-order valence-electron chi connectivity index (χ4n) is 0.605. The molecule has 1 rings (SSSR count). The summed E-state index contributed by atoms with van der Waals surface area (Å²) >= 11 is 0. The second-order valence-corrected chi connectivity index (χ2v) is 1.55. The normalized spacial score (nSPS) is 24.0. The molecule has 1 heterocycles. The first-order chi connectivity index (χ1) is 3.84. The maximum Gasteiger partial charge on any atom is 0.269 e. The number of nitrogens with zero attached hydrogens (tertiary/aromatic N) is 1. The summed E-state index contributed by atoms with van der Waals surface area (Å²) in [5, 5.41) is 13.3. The number of carbonyl (C=O) groups is 1. The molecular formula is C4H6N2O2. The van der Waals surface area contributed by atoms with Crippen LogP contribution >= 0.6 is 0 Å². The van der Waals surface area contributed by atoms with E-state index < -0.39 is 0 Å². The molecule has 1 aliphatic rings.